The summed E-state index contributed by atoms with van der Waals surface area (Å²) in [4.78, 5) is 21.1. The molecule has 0 N–H and O–H groups in total. The standard InChI is InChI=1S/C18H30N4O3/c1-13(24-12-15-6-7-15)18(23)22-9-4-5-16(8-10-22)21(3)11-17-19-14(2)25-20-17/h13,15-16H,4-12H2,1-3H3/t13-,16-/m1/s1. The predicted octanol–water partition coefficient (Wildman–Crippen LogP) is 2.01. The Bertz CT molecular complexity index is 572. The van der Waals surface area contributed by atoms with Crippen LogP contribution in [0.5, 0.6) is 0 Å². The first-order valence-electron chi connectivity index (χ1n) is 9.42. The zero-order valence-electron chi connectivity index (χ0n) is 15.6. The summed E-state index contributed by atoms with van der Waals surface area (Å²) < 4.78 is 10.8. The molecule has 140 valence electrons. The molecule has 1 amide bonds. The van der Waals surface area contributed by atoms with E-state index in [1.165, 1.54) is 12.8 Å². The van der Waals surface area contributed by atoms with Gasteiger partial charge in [0.25, 0.3) is 5.91 Å². The number of aromatic nitrogens is 2. The first-order valence-corrected chi connectivity index (χ1v) is 9.42. The Morgan fingerprint density at radius 1 is 1.36 bits per heavy atom. The van der Waals surface area contributed by atoms with Crippen molar-refractivity contribution in [2.75, 3.05) is 26.7 Å². The molecule has 2 aliphatic rings. The number of carbonyl (C=O) groups excluding carboxylic acids is 1. The van der Waals surface area contributed by atoms with Crippen LogP contribution in [0.4, 0.5) is 0 Å². The Morgan fingerprint density at radius 3 is 2.84 bits per heavy atom. The van der Waals surface area contributed by atoms with Crippen LogP contribution >= 0.6 is 0 Å². The molecule has 1 aromatic rings. The van der Waals surface area contributed by atoms with Gasteiger partial charge in [-0.05, 0) is 52.0 Å². The Balaban J connectivity index is 1.46. The molecule has 7 nitrogen and oxygen atoms in total. The minimum atomic E-state index is -0.322. The van der Waals surface area contributed by atoms with Crippen molar-refractivity contribution in [3.63, 3.8) is 0 Å². The smallest absolute Gasteiger partial charge is 0.251 e. The normalized spacial score (nSPS) is 22.9. The van der Waals surface area contributed by atoms with E-state index >= 15 is 0 Å². The lowest BCUT2D eigenvalue weighted by Gasteiger charge is -2.27. The molecule has 0 bridgehead atoms. The van der Waals surface area contributed by atoms with Gasteiger partial charge in [0.2, 0.25) is 5.89 Å². The van der Waals surface area contributed by atoms with Crippen LogP contribution in [-0.2, 0) is 16.1 Å². The number of amides is 1. The van der Waals surface area contributed by atoms with Crippen LogP contribution in [0.2, 0.25) is 0 Å². The third-order valence-corrected chi connectivity index (χ3v) is 5.22. The van der Waals surface area contributed by atoms with E-state index in [0.717, 1.165) is 44.8 Å². The van der Waals surface area contributed by atoms with E-state index in [2.05, 4.69) is 22.1 Å². The van der Waals surface area contributed by atoms with E-state index in [4.69, 9.17) is 9.26 Å². The number of carbonyl (C=O) groups is 1. The van der Waals surface area contributed by atoms with Crippen molar-refractivity contribution in [1.29, 1.82) is 0 Å². The number of ether oxygens (including phenoxy) is 1. The number of hydrogen-bond acceptors (Lipinski definition) is 6. The average molecular weight is 350 g/mol. The van der Waals surface area contributed by atoms with Gasteiger partial charge in [-0.15, -0.1) is 0 Å². The lowest BCUT2D eigenvalue weighted by Crippen LogP contribution is -2.40. The molecular formula is C18H30N4O3. The van der Waals surface area contributed by atoms with Gasteiger partial charge < -0.3 is 14.2 Å². The minimum absolute atomic E-state index is 0.137. The fourth-order valence-electron chi connectivity index (χ4n) is 3.39. The number of hydrogen-bond donors (Lipinski definition) is 0. The third-order valence-electron chi connectivity index (χ3n) is 5.22. The maximum Gasteiger partial charge on any atom is 0.251 e. The molecule has 0 aromatic carbocycles. The molecule has 0 unspecified atom stereocenters. The molecule has 25 heavy (non-hydrogen) atoms. The number of nitrogens with zero attached hydrogens (tertiary/aromatic N) is 4. The molecule has 2 fully saturated rings. The van der Waals surface area contributed by atoms with Crippen molar-refractivity contribution in [2.45, 2.75) is 64.6 Å². The second-order valence-electron chi connectivity index (χ2n) is 7.47. The number of likely N-dealkylation sites (tertiary alicyclic amines) is 1. The monoisotopic (exact) mass is 350 g/mol. The highest BCUT2D eigenvalue weighted by Crippen LogP contribution is 2.29. The maximum absolute atomic E-state index is 12.6. The molecule has 1 saturated carbocycles. The highest BCUT2D eigenvalue weighted by molar-refractivity contribution is 5.80. The molecule has 1 aliphatic heterocycles. The van der Waals surface area contributed by atoms with Crippen LogP contribution in [0.25, 0.3) is 0 Å². The summed E-state index contributed by atoms with van der Waals surface area (Å²) in [7, 11) is 2.09. The summed E-state index contributed by atoms with van der Waals surface area (Å²) in [6.07, 6.45) is 5.23. The van der Waals surface area contributed by atoms with Gasteiger partial charge in [-0.1, -0.05) is 5.16 Å². The lowest BCUT2D eigenvalue weighted by atomic mass is 10.1. The first-order chi connectivity index (χ1) is 12.0. The van der Waals surface area contributed by atoms with Gasteiger partial charge in [0, 0.05) is 26.1 Å². The van der Waals surface area contributed by atoms with E-state index < -0.39 is 0 Å². The highest BCUT2D eigenvalue weighted by Gasteiger charge is 2.28. The fraction of sp³-hybridized carbons (Fsp3) is 0.833. The zero-order chi connectivity index (χ0) is 17.8. The van der Waals surface area contributed by atoms with Gasteiger partial charge in [0.05, 0.1) is 13.2 Å². The first kappa shape index (κ1) is 18.3. The second-order valence-corrected chi connectivity index (χ2v) is 7.47. The molecule has 1 aromatic heterocycles. The van der Waals surface area contributed by atoms with Gasteiger partial charge in [-0.3, -0.25) is 9.69 Å². The van der Waals surface area contributed by atoms with Gasteiger partial charge >= 0.3 is 0 Å². The lowest BCUT2D eigenvalue weighted by molar-refractivity contribution is -0.142. The number of rotatable bonds is 7. The van der Waals surface area contributed by atoms with E-state index in [1.54, 1.807) is 6.92 Å². The van der Waals surface area contributed by atoms with Crippen molar-refractivity contribution in [1.82, 2.24) is 19.9 Å². The molecule has 2 heterocycles. The summed E-state index contributed by atoms with van der Waals surface area (Å²) in [5.74, 6) is 2.14. The SMILES string of the molecule is Cc1nc(CN(C)[C@@H]2CCCN(C(=O)[C@@H](C)OCC3CC3)CC2)no1. The van der Waals surface area contributed by atoms with Crippen molar-refractivity contribution in [3.8, 4) is 0 Å². The Hall–Kier alpha value is -1.47. The maximum atomic E-state index is 12.6. The molecule has 2 atom stereocenters. The third kappa shape index (κ3) is 5.25. The van der Waals surface area contributed by atoms with Gasteiger partial charge in [-0.2, -0.15) is 4.98 Å². The largest absolute Gasteiger partial charge is 0.368 e. The number of aryl methyl sites for hydroxylation is 1. The van der Waals surface area contributed by atoms with Crippen LogP contribution < -0.4 is 0 Å². The Labute approximate surface area is 149 Å². The fourth-order valence-corrected chi connectivity index (χ4v) is 3.39. The molecule has 1 saturated heterocycles. The van der Waals surface area contributed by atoms with Crippen molar-refractivity contribution in [2.24, 2.45) is 5.92 Å². The predicted molar refractivity (Wildman–Crippen MR) is 92.9 cm³/mol. The zero-order valence-corrected chi connectivity index (χ0v) is 15.6. The molecule has 0 spiro atoms. The summed E-state index contributed by atoms with van der Waals surface area (Å²) in [6.45, 7) is 6.71. The van der Waals surface area contributed by atoms with Crippen molar-refractivity contribution in [3.05, 3.63) is 11.7 Å². The van der Waals surface area contributed by atoms with Crippen LogP contribution in [0, 0.1) is 12.8 Å². The van der Waals surface area contributed by atoms with E-state index in [0.29, 0.717) is 24.4 Å². The molecule has 3 rings (SSSR count). The Kier molecular flexibility index (Phi) is 6.06. The summed E-state index contributed by atoms with van der Waals surface area (Å²) >= 11 is 0. The Morgan fingerprint density at radius 2 is 2.16 bits per heavy atom. The summed E-state index contributed by atoms with van der Waals surface area (Å²) in [5.41, 5.74) is 0. The van der Waals surface area contributed by atoms with Crippen LogP contribution in [0.1, 0.15) is 50.7 Å². The van der Waals surface area contributed by atoms with Gasteiger partial charge in [0.1, 0.15) is 6.10 Å². The van der Waals surface area contributed by atoms with Gasteiger partial charge in [-0.25, -0.2) is 0 Å². The molecule has 0 radical (unpaired) electrons. The average Bonchev–Trinajstić information content (AvgIpc) is 3.37. The van der Waals surface area contributed by atoms with E-state index in [9.17, 15) is 4.79 Å². The quantitative estimate of drug-likeness (QED) is 0.749. The van der Waals surface area contributed by atoms with E-state index in [-0.39, 0.29) is 12.0 Å². The topological polar surface area (TPSA) is 71.7 Å². The van der Waals surface area contributed by atoms with Crippen LogP contribution in [0.3, 0.4) is 0 Å². The molecule has 1 aliphatic carbocycles. The second kappa shape index (κ2) is 8.27. The minimum Gasteiger partial charge on any atom is -0.368 e. The van der Waals surface area contributed by atoms with Gasteiger partial charge in [0.15, 0.2) is 5.82 Å². The van der Waals surface area contributed by atoms with E-state index in [1.807, 2.05) is 11.8 Å². The van der Waals surface area contributed by atoms with Crippen molar-refractivity contribution < 1.29 is 14.1 Å². The van der Waals surface area contributed by atoms with Crippen LogP contribution in [-0.4, -0.2) is 64.7 Å². The van der Waals surface area contributed by atoms with Crippen LogP contribution in [0.15, 0.2) is 4.52 Å². The van der Waals surface area contributed by atoms with Crippen molar-refractivity contribution >= 4 is 5.91 Å². The molecule has 7 heteroatoms. The molecular weight excluding hydrogens is 320 g/mol. The summed E-state index contributed by atoms with van der Waals surface area (Å²) in [5, 5.41) is 3.97. The highest BCUT2D eigenvalue weighted by atomic mass is 16.5. The summed E-state index contributed by atoms with van der Waals surface area (Å²) in [6, 6.07) is 0.430.